The van der Waals surface area contributed by atoms with Crippen molar-refractivity contribution in [3.63, 3.8) is 0 Å². The molecule has 1 saturated carbocycles. The maximum Gasteiger partial charge on any atom is 0.406 e. The zero-order valence-electron chi connectivity index (χ0n) is 12.1. The summed E-state index contributed by atoms with van der Waals surface area (Å²) in [6.07, 6.45) is -1.64. The number of alkyl halides is 3. The van der Waals surface area contributed by atoms with Gasteiger partial charge in [0.2, 0.25) is 0 Å². The summed E-state index contributed by atoms with van der Waals surface area (Å²) < 4.78 is 39.7. The lowest BCUT2D eigenvalue weighted by Crippen LogP contribution is -2.61. The van der Waals surface area contributed by atoms with Crippen LogP contribution >= 0.6 is 0 Å². The van der Waals surface area contributed by atoms with Crippen LogP contribution in [0.2, 0.25) is 0 Å². The number of hydrogen-bond donors (Lipinski definition) is 1. The zero-order chi connectivity index (χ0) is 14.3. The molecule has 3 atom stereocenters. The van der Waals surface area contributed by atoms with E-state index in [1.165, 1.54) is 0 Å². The molecule has 112 valence electrons. The lowest BCUT2D eigenvalue weighted by molar-refractivity contribution is -0.208. The van der Waals surface area contributed by atoms with Gasteiger partial charge in [0.25, 0.3) is 0 Å². The minimum absolute atomic E-state index is 0.00719. The van der Waals surface area contributed by atoms with E-state index in [1.807, 2.05) is 6.92 Å². The quantitative estimate of drug-likeness (QED) is 0.849. The third kappa shape index (κ3) is 2.64. The first kappa shape index (κ1) is 15.1. The summed E-state index contributed by atoms with van der Waals surface area (Å²) >= 11 is 0. The van der Waals surface area contributed by atoms with E-state index in [0.717, 1.165) is 19.4 Å². The lowest BCUT2D eigenvalue weighted by Gasteiger charge is -2.47. The van der Waals surface area contributed by atoms with Crippen LogP contribution in [-0.4, -0.2) is 41.8 Å². The summed E-state index contributed by atoms with van der Waals surface area (Å²) in [6.45, 7) is 7.66. The molecule has 0 aromatic carbocycles. The van der Waals surface area contributed by atoms with Gasteiger partial charge in [0, 0.05) is 18.6 Å². The topological polar surface area (TPSA) is 15.3 Å². The molecule has 2 nitrogen and oxygen atoms in total. The van der Waals surface area contributed by atoms with Crippen LogP contribution in [0.25, 0.3) is 0 Å². The Labute approximate surface area is 113 Å². The first-order chi connectivity index (χ1) is 8.83. The molecule has 2 aliphatic rings. The zero-order valence-corrected chi connectivity index (χ0v) is 12.1. The number of halogens is 3. The molecule has 0 radical (unpaired) electrons. The van der Waals surface area contributed by atoms with Gasteiger partial charge in [-0.2, -0.15) is 13.2 Å². The fourth-order valence-corrected chi connectivity index (χ4v) is 3.44. The maximum atomic E-state index is 13.2. The molecule has 2 rings (SSSR count). The molecule has 0 aromatic heterocycles. The normalized spacial score (nSPS) is 35.4. The fourth-order valence-electron chi connectivity index (χ4n) is 3.44. The van der Waals surface area contributed by atoms with Gasteiger partial charge in [-0.3, -0.25) is 4.90 Å². The molecule has 0 aromatic rings. The van der Waals surface area contributed by atoms with Crippen LogP contribution in [0, 0.1) is 5.92 Å². The summed E-state index contributed by atoms with van der Waals surface area (Å²) in [4.78, 5) is 1.72. The molecule has 5 heteroatoms. The van der Waals surface area contributed by atoms with Gasteiger partial charge in [-0.25, -0.2) is 0 Å². The number of nitrogens with one attached hydrogen (secondary N) is 1. The van der Waals surface area contributed by atoms with Crippen molar-refractivity contribution in [3.8, 4) is 0 Å². The maximum absolute atomic E-state index is 13.2. The largest absolute Gasteiger partial charge is 0.406 e. The van der Waals surface area contributed by atoms with E-state index in [1.54, 1.807) is 4.90 Å². The Morgan fingerprint density at radius 3 is 2.37 bits per heavy atom. The second kappa shape index (κ2) is 5.24. The predicted molar refractivity (Wildman–Crippen MR) is 70.1 cm³/mol. The highest BCUT2D eigenvalue weighted by molar-refractivity contribution is 5.12. The first-order valence-electron chi connectivity index (χ1n) is 7.40. The average Bonchev–Trinajstić information content (AvgIpc) is 3.12. The summed E-state index contributed by atoms with van der Waals surface area (Å²) in [5, 5.41) is 3.47. The van der Waals surface area contributed by atoms with Gasteiger partial charge >= 0.3 is 6.18 Å². The van der Waals surface area contributed by atoms with Crippen LogP contribution in [0.1, 0.15) is 46.5 Å². The monoisotopic (exact) mass is 278 g/mol. The van der Waals surface area contributed by atoms with Gasteiger partial charge in [0.15, 0.2) is 0 Å². The number of piperidine rings is 1. The Balaban J connectivity index is 2.03. The average molecular weight is 278 g/mol. The molecular formula is C14H25F3N2. The molecular weight excluding hydrogens is 253 g/mol. The fraction of sp³-hybridized carbons (Fsp3) is 1.00. The Bertz CT molecular complexity index is 312. The number of likely N-dealkylation sites (tertiary alicyclic amines) is 1. The molecule has 19 heavy (non-hydrogen) atoms. The first-order valence-corrected chi connectivity index (χ1v) is 7.40. The minimum Gasteiger partial charge on any atom is -0.314 e. The number of nitrogens with zero attached hydrogens (tertiary/aromatic N) is 1. The van der Waals surface area contributed by atoms with Crippen molar-refractivity contribution in [1.82, 2.24) is 10.2 Å². The van der Waals surface area contributed by atoms with Crippen molar-refractivity contribution < 1.29 is 13.2 Å². The van der Waals surface area contributed by atoms with Crippen molar-refractivity contribution >= 4 is 0 Å². The summed E-state index contributed by atoms with van der Waals surface area (Å²) in [6, 6.07) is 0.350. The molecule has 0 amide bonds. The van der Waals surface area contributed by atoms with Crippen molar-refractivity contribution in [2.75, 3.05) is 13.1 Å². The van der Waals surface area contributed by atoms with Gasteiger partial charge in [-0.15, -0.1) is 0 Å². The van der Waals surface area contributed by atoms with Gasteiger partial charge in [-0.1, -0.05) is 13.8 Å². The highest BCUT2D eigenvalue weighted by Gasteiger charge is 2.68. The van der Waals surface area contributed by atoms with Crippen LogP contribution in [0.4, 0.5) is 13.2 Å². The summed E-state index contributed by atoms with van der Waals surface area (Å²) in [7, 11) is 0. The van der Waals surface area contributed by atoms with Crippen molar-refractivity contribution in [3.05, 3.63) is 0 Å². The van der Waals surface area contributed by atoms with Crippen molar-refractivity contribution in [2.24, 2.45) is 5.92 Å². The van der Waals surface area contributed by atoms with E-state index in [-0.39, 0.29) is 24.8 Å². The Morgan fingerprint density at radius 1 is 1.26 bits per heavy atom. The van der Waals surface area contributed by atoms with Gasteiger partial charge in [0.05, 0.1) is 0 Å². The molecule has 1 aliphatic heterocycles. The van der Waals surface area contributed by atoms with Crippen LogP contribution in [-0.2, 0) is 0 Å². The lowest BCUT2D eigenvalue weighted by atomic mass is 9.85. The molecule has 1 saturated heterocycles. The smallest absolute Gasteiger partial charge is 0.314 e. The molecule has 3 unspecified atom stereocenters. The molecule has 0 bridgehead atoms. The van der Waals surface area contributed by atoms with E-state index in [0.29, 0.717) is 12.6 Å². The van der Waals surface area contributed by atoms with E-state index in [2.05, 4.69) is 19.2 Å². The predicted octanol–water partition coefficient (Wildman–Crippen LogP) is 3.18. The highest BCUT2D eigenvalue weighted by atomic mass is 19.4. The van der Waals surface area contributed by atoms with E-state index in [9.17, 15) is 13.2 Å². The second-order valence-electron chi connectivity index (χ2n) is 6.17. The number of rotatable bonds is 4. The third-order valence-corrected chi connectivity index (χ3v) is 5.03. The van der Waals surface area contributed by atoms with Crippen LogP contribution in [0.3, 0.4) is 0 Å². The minimum atomic E-state index is -4.08. The van der Waals surface area contributed by atoms with Crippen molar-refractivity contribution in [2.45, 2.75) is 70.3 Å². The van der Waals surface area contributed by atoms with Crippen LogP contribution in [0.5, 0.6) is 0 Å². The van der Waals surface area contributed by atoms with E-state index < -0.39 is 11.7 Å². The molecule has 1 heterocycles. The molecule has 0 spiro atoms. The summed E-state index contributed by atoms with van der Waals surface area (Å²) in [5.41, 5.74) is -1.50. The summed E-state index contributed by atoms with van der Waals surface area (Å²) in [5.74, 6) is 0.264. The van der Waals surface area contributed by atoms with Gasteiger partial charge < -0.3 is 5.32 Å². The van der Waals surface area contributed by atoms with Crippen molar-refractivity contribution in [1.29, 1.82) is 0 Å². The third-order valence-electron chi connectivity index (χ3n) is 5.03. The standard InChI is InChI=1S/C14H25F3N2/c1-4-8-18-12-5-9-19(11(3)10(12)2)13(6-7-13)14(15,16)17/h10-12,18H,4-9H2,1-3H3. The highest BCUT2D eigenvalue weighted by Crippen LogP contribution is 2.55. The van der Waals surface area contributed by atoms with E-state index >= 15 is 0 Å². The molecule has 2 fully saturated rings. The van der Waals surface area contributed by atoms with Crippen LogP contribution < -0.4 is 5.32 Å². The SMILES string of the molecule is CCCNC1CCN(C2(C(F)(F)F)CC2)C(C)C1C. The van der Waals surface area contributed by atoms with Gasteiger partial charge in [0.1, 0.15) is 5.54 Å². The molecule has 1 aliphatic carbocycles. The Hall–Kier alpha value is -0.290. The van der Waals surface area contributed by atoms with Crippen LogP contribution in [0.15, 0.2) is 0 Å². The van der Waals surface area contributed by atoms with Gasteiger partial charge in [-0.05, 0) is 45.1 Å². The second-order valence-corrected chi connectivity index (χ2v) is 6.17. The Kier molecular flexibility index (Phi) is 4.17. The molecule has 1 N–H and O–H groups in total. The number of hydrogen-bond acceptors (Lipinski definition) is 2. The Morgan fingerprint density at radius 2 is 1.89 bits per heavy atom. The van der Waals surface area contributed by atoms with E-state index in [4.69, 9.17) is 0 Å².